The number of fused-ring (bicyclic) bond motifs is 1. The molecule has 1 aliphatic rings. The molecule has 0 saturated heterocycles. The van der Waals surface area contributed by atoms with E-state index >= 15 is 0 Å². The second-order valence-corrected chi connectivity index (χ2v) is 8.28. The molecule has 1 amide bonds. The molecule has 2 N–H and O–H groups in total. The smallest absolute Gasteiger partial charge is 0.387 e. The summed E-state index contributed by atoms with van der Waals surface area (Å²) in [6, 6.07) is 6.71. The van der Waals surface area contributed by atoms with Gasteiger partial charge in [-0.3, -0.25) is 9.89 Å². The summed E-state index contributed by atoms with van der Waals surface area (Å²) in [5.74, 6) is -0.466. The van der Waals surface area contributed by atoms with Crippen molar-refractivity contribution in [2.75, 3.05) is 5.32 Å². The number of carbonyl (C=O) groups is 1. The highest BCUT2D eigenvalue weighted by Gasteiger charge is 2.25. The molecule has 1 aliphatic carbocycles. The molecule has 0 atom stereocenters. The van der Waals surface area contributed by atoms with Crippen LogP contribution in [0.1, 0.15) is 23.2 Å². The number of benzene rings is 1. The Balaban J connectivity index is 1.48. The van der Waals surface area contributed by atoms with Crippen LogP contribution in [0, 0.1) is 0 Å². The van der Waals surface area contributed by atoms with Gasteiger partial charge < -0.3 is 10.1 Å². The molecule has 4 aromatic rings. The highest BCUT2D eigenvalue weighted by molar-refractivity contribution is 8.00. The van der Waals surface area contributed by atoms with Crippen LogP contribution in [-0.2, 0) is 0 Å². The summed E-state index contributed by atoms with van der Waals surface area (Å²) in [6.45, 7) is -2.98. The number of hydrogen-bond acceptors (Lipinski definition) is 6. The van der Waals surface area contributed by atoms with Gasteiger partial charge in [0.05, 0.1) is 11.9 Å². The number of nitrogens with one attached hydrogen (secondary N) is 2. The molecule has 0 bridgehead atoms. The van der Waals surface area contributed by atoms with Crippen LogP contribution < -0.4 is 10.1 Å². The third kappa shape index (κ3) is 4.08. The molecule has 3 heterocycles. The molecule has 11 heteroatoms. The first kappa shape index (κ1) is 19.5. The van der Waals surface area contributed by atoms with E-state index in [1.165, 1.54) is 23.0 Å². The Morgan fingerprint density at radius 3 is 3.03 bits per heavy atom. The van der Waals surface area contributed by atoms with Gasteiger partial charge in [0.25, 0.3) is 5.91 Å². The fraction of sp³-hybridized carbons (Fsp3) is 0.200. The molecule has 0 radical (unpaired) electrons. The zero-order valence-electron chi connectivity index (χ0n) is 16.0. The number of halogens is 2. The first-order valence-corrected chi connectivity index (χ1v) is 10.4. The van der Waals surface area contributed by atoms with E-state index in [4.69, 9.17) is 4.74 Å². The first-order valence-electron chi connectivity index (χ1n) is 9.48. The molecule has 0 spiro atoms. The van der Waals surface area contributed by atoms with Gasteiger partial charge in [-0.1, -0.05) is 0 Å². The summed E-state index contributed by atoms with van der Waals surface area (Å²) in [4.78, 5) is 17.9. The third-order valence-electron chi connectivity index (χ3n) is 4.66. The molecule has 0 aliphatic heterocycles. The predicted molar refractivity (Wildman–Crippen MR) is 110 cm³/mol. The van der Waals surface area contributed by atoms with Crippen molar-refractivity contribution in [1.29, 1.82) is 0 Å². The molecule has 8 nitrogen and oxygen atoms in total. The molecule has 1 aromatic carbocycles. The SMILES string of the molecule is O=C(Nc1c[nH]nc1-c1cc(SC2CC2)ccc1OC(F)F)c1cnn2cccnc12. The predicted octanol–water partition coefficient (Wildman–Crippen LogP) is 4.23. The van der Waals surface area contributed by atoms with Gasteiger partial charge in [-0.2, -0.15) is 19.0 Å². The van der Waals surface area contributed by atoms with E-state index < -0.39 is 12.5 Å². The van der Waals surface area contributed by atoms with Crippen LogP contribution in [0.15, 0.2) is 53.9 Å². The van der Waals surface area contributed by atoms with E-state index in [0.717, 1.165) is 17.7 Å². The maximum Gasteiger partial charge on any atom is 0.387 e. The zero-order chi connectivity index (χ0) is 21.4. The first-order chi connectivity index (χ1) is 15.1. The number of rotatable bonds is 7. The Bertz CT molecular complexity index is 1250. The van der Waals surface area contributed by atoms with Crippen LogP contribution >= 0.6 is 11.8 Å². The van der Waals surface area contributed by atoms with Gasteiger partial charge in [-0.25, -0.2) is 9.50 Å². The van der Waals surface area contributed by atoms with Crippen LogP contribution in [0.5, 0.6) is 5.75 Å². The average molecular weight is 442 g/mol. The standard InChI is InChI=1S/C20H16F2N6O2S/c21-20(22)30-16-5-4-12(31-11-2-3-11)8-13(16)17-15(10-24-27-17)26-19(29)14-9-25-28-7-1-6-23-18(14)28/h1,4-11,20H,2-3H2,(H,24,27)(H,26,29). The normalized spacial score (nSPS) is 13.6. The monoisotopic (exact) mass is 442 g/mol. The summed E-state index contributed by atoms with van der Waals surface area (Å²) in [5, 5.41) is 14.3. The number of thioether (sulfide) groups is 1. The van der Waals surface area contributed by atoms with E-state index in [0.29, 0.717) is 27.8 Å². The number of alkyl halides is 2. The van der Waals surface area contributed by atoms with Crippen molar-refractivity contribution in [3.63, 3.8) is 0 Å². The topological polar surface area (TPSA) is 97.2 Å². The van der Waals surface area contributed by atoms with E-state index in [1.54, 1.807) is 42.4 Å². The lowest BCUT2D eigenvalue weighted by Crippen LogP contribution is -2.12. The lowest BCUT2D eigenvalue weighted by atomic mass is 10.1. The number of hydrogen-bond donors (Lipinski definition) is 2. The Morgan fingerprint density at radius 2 is 2.23 bits per heavy atom. The summed E-state index contributed by atoms with van der Waals surface area (Å²) >= 11 is 1.68. The van der Waals surface area contributed by atoms with E-state index in [-0.39, 0.29) is 11.3 Å². The lowest BCUT2D eigenvalue weighted by Gasteiger charge is -2.12. The van der Waals surface area contributed by atoms with E-state index in [2.05, 4.69) is 25.6 Å². The average Bonchev–Trinajstić information content (AvgIpc) is 3.27. The van der Waals surface area contributed by atoms with Gasteiger partial charge in [-0.15, -0.1) is 11.8 Å². The summed E-state index contributed by atoms with van der Waals surface area (Å²) < 4.78 is 32.1. The molecular formula is C20H16F2N6O2S. The summed E-state index contributed by atoms with van der Waals surface area (Å²) in [5.41, 5.74) is 1.66. The van der Waals surface area contributed by atoms with Crippen molar-refractivity contribution in [2.45, 2.75) is 29.6 Å². The third-order valence-corrected chi connectivity index (χ3v) is 5.99. The Kier molecular flexibility index (Phi) is 5.02. The fourth-order valence-electron chi connectivity index (χ4n) is 3.11. The highest BCUT2D eigenvalue weighted by atomic mass is 32.2. The van der Waals surface area contributed by atoms with Crippen LogP contribution in [0.4, 0.5) is 14.5 Å². The molecule has 1 saturated carbocycles. The van der Waals surface area contributed by atoms with Crippen molar-refractivity contribution < 1.29 is 18.3 Å². The van der Waals surface area contributed by atoms with Gasteiger partial charge in [-0.05, 0) is 37.1 Å². The minimum absolute atomic E-state index is 0.0182. The number of carbonyl (C=O) groups excluding carboxylic acids is 1. The van der Waals surface area contributed by atoms with Crippen LogP contribution in [0.3, 0.4) is 0 Å². The molecule has 1 fully saturated rings. The second kappa shape index (κ2) is 7.99. The van der Waals surface area contributed by atoms with E-state index in [1.807, 2.05) is 0 Å². The lowest BCUT2D eigenvalue weighted by molar-refractivity contribution is -0.0494. The largest absolute Gasteiger partial charge is 0.434 e. The molecular weight excluding hydrogens is 426 g/mol. The quantitative estimate of drug-likeness (QED) is 0.445. The highest BCUT2D eigenvalue weighted by Crippen LogP contribution is 2.43. The Hall–Kier alpha value is -3.47. The van der Waals surface area contributed by atoms with Gasteiger partial charge >= 0.3 is 6.61 Å². The molecule has 31 heavy (non-hydrogen) atoms. The Labute approximate surface area is 179 Å². The minimum Gasteiger partial charge on any atom is -0.434 e. The van der Waals surface area contributed by atoms with Crippen LogP contribution in [0.25, 0.3) is 16.9 Å². The molecule has 5 rings (SSSR count). The molecule has 0 unspecified atom stereocenters. The van der Waals surface area contributed by atoms with Crippen molar-refractivity contribution in [3.8, 4) is 17.0 Å². The second-order valence-electron chi connectivity index (χ2n) is 6.90. The maximum atomic E-state index is 13.0. The van der Waals surface area contributed by atoms with Crippen LogP contribution in [-0.4, -0.2) is 42.6 Å². The number of aromatic nitrogens is 5. The van der Waals surface area contributed by atoms with Crippen molar-refractivity contribution >= 4 is 29.0 Å². The van der Waals surface area contributed by atoms with Gasteiger partial charge in [0.2, 0.25) is 0 Å². The molecule has 158 valence electrons. The number of ether oxygens (including phenoxy) is 1. The molecule has 3 aromatic heterocycles. The van der Waals surface area contributed by atoms with Crippen molar-refractivity contribution in [2.24, 2.45) is 0 Å². The van der Waals surface area contributed by atoms with E-state index in [9.17, 15) is 13.6 Å². The van der Waals surface area contributed by atoms with Crippen molar-refractivity contribution in [1.82, 2.24) is 24.8 Å². The van der Waals surface area contributed by atoms with Crippen LogP contribution in [0.2, 0.25) is 0 Å². The number of H-pyrrole nitrogens is 1. The number of anilines is 1. The zero-order valence-corrected chi connectivity index (χ0v) is 16.8. The fourth-order valence-corrected chi connectivity index (χ4v) is 4.20. The van der Waals surface area contributed by atoms with Crippen molar-refractivity contribution in [3.05, 3.63) is 54.6 Å². The van der Waals surface area contributed by atoms with Gasteiger partial charge in [0.15, 0.2) is 5.65 Å². The summed E-state index contributed by atoms with van der Waals surface area (Å²) in [7, 11) is 0. The maximum absolute atomic E-state index is 13.0. The minimum atomic E-state index is -2.98. The Morgan fingerprint density at radius 1 is 1.35 bits per heavy atom. The number of amides is 1. The summed E-state index contributed by atoms with van der Waals surface area (Å²) in [6.07, 6.45) is 8.40. The number of nitrogens with zero attached hydrogens (tertiary/aromatic N) is 4. The van der Waals surface area contributed by atoms with Gasteiger partial charge in [0, 0.05) is 34.3 Å². The van der Waals surface area contributed by atoms with Gasteiger partial charge in [0.1, 0.15) is 17.0 Å². The number of aromatic amines is 1.